The second-order valence-corrected chi connectivity index (χ2v) is 6.70. The fraction of sp³-hybridized carbons (Fsp3) is 0.250. The predicted octanol–water partition coefficient (Wildman–Crippen LogP) is 1.34. The maximum Gasteiger partial charge on any atom is 0.240 e. The Bertz CT molecular complexity index is 607. The third-order valence-electron chi connectivity index (χ3n) is 2.53. The molecule has 0 bridgehead atoms. The van der Waals surface area contributed by atoms with E-state index >= 15 is 0 Å². The normalized spacial score (nSPS) is 11.6. The molecule has 19 heavy (non-hydrogen) atoms. The molecule has 5 nitrogen and oxygen atoms in total. The van der Waals surface area contributed by atoms with Gasteiger partial charge in [0.15, 0.2) is 0 Å². The molecule has 0 radical (unpaired) electrons. The standard InChI is InChI=1S/C12H15N3O2S2/c1-13-6-10-2-4-12(5-3-10)19(16,17)15-8-11-7-14-9-18-11/h2-5,7,9,13,15H,6,8H2,1H3. The van der Waals surface area contributed by atoms with Gasteiger partial charge in [-0.05, 0) is 24.7 Å². The Morgan fingerprint density at radius 1 is 1.21 bits per heavy atom. The van der Waals surface area contributed by atoms with E-state index in [1.165, 1.54) is 11.3 Å². The molecular formula is C12H15N3O2S2. The lowest BCUT2D eigenvalue weighted by atomic mass is 10.2. The van der Waals surface area contributed by atoms with Gasteiger partial charge in [0.05, 0.1) is 10.4 Å². The van der Waals surface area contributed by atoms with Gasteiger partial charge in [-0.15, -0.1) is 11.3 Å². The SMILES string of the molecule is CNCc1ccc(S(=O)(=O)NCc2cncs2)cc1. The van der Waals surface area contributed by atoms with E-state index in [0.717, 1.165) is 10.4 Å². The van der Waals surface area contributed by atoms with Crippen molar-refractivity contribution in [3.05, 3.63) is 46.4 Å². The van der Waals surface area contributed by atoms with Crippen LogP contribution >= 0.6 is 11.3 Å². The Kier molecular flexibility index (Phi) is 4.65. The molecule has 1 heterocycles. The highest BCUT2D eigenvalue weighted by Gasteiger charge is 2.13. The highest BCUT2D eigenvalue weighted by Crippen LogP contribution is 2.12. The van der Waals surface area contributed by atoms with Crippen molar-refractivity contribution in [2.24, 2.45) is 0 Å². The zero-order chi connectivity index (χ0) is 13.7. The summed E-state index contributed by atoms with van der Waals surface area (Å²) in [7, 11) is -1.61. The van der Waals surface area contributed by atoms with E-state index in [4.69, 9.17) is 0 Å². The molecule has 1 aromatic carbocycles. The van der Waals surface area contributed by atoms with Crippen LogP contribution in [-0.4, -0.2) is 20.4 Å². The molecule has 2 rings (SSSR count). The number of hydrogen-bond donors (Lipinski definition) is 2. The Labute approximate surface area is 116 Å². The number of thiazole rings is 1. The predicted molar refractivity (Wildman–Crippen MR) is 75.3 cm³/mol. The van der Waals surface area contributed by atoms with Crippen molar-refractivity contribution in [1.82, 2.24) is 15.0 Å². The largest absolute Gasteiger partial charge is 0.316 e. The topological polar surface area (TPSA) is 71.1 Å². The Morgan fingerprint density at radius 2 is 1.95 bits per heavy atom. The molecule has 0 aliphatic rings. The van der Waals surface area contributed by atoms with Crippen LogP contribution in [0.2, 0.25) is 0 Å². The van der Waals surface area contributed by atoms with E-state index in [0.29, 0.717) is 6.54 Å². The molecule has 1 aromatic heterocycles. The maximum atomic E-state index is 12.1. The molecule has 7 heteroatoms. The number of nitrogens with one attached hydrogen (secondary N) is 2. The molecule has 0 aliphatic heterocycles. The van der Waals surface area contributed by atoms with Crippen LogP contribution in [0.4, 0.5) is 0 Å². The monoisotopic (exact) mass is 297 g/mol. The summed E-state index contributed by atoms with van der Waals surface area (Å²) in [5.74, 6) is 0. The van der Waals surface area contributed by atoms with E-state index in [2.05, 4.69) is 15.0 Å². The summed E-state index contributed by atoms with van der Waals surface area (Å²) in [4.78, 5) is 5.06. The minimum Gasteiger partial charge on any atom is -0.316 e. The first kappa shape index (κ1) is 14.1. The molecule has 2 aromatic rings. The first-order valence-electron chi connectivity index (χ1n) is 5.72. The molecule has 0 spiro atoms. The molecule has 0 amide bonds. The minimum atomic E-state index is -3.46. The van der Waals surface area contributed by atoms with Gasteiger partial charge in [0.25, 0.3) is 0 Å². The first-order chi connectivity index (χ1) is 9.12. The van der Waals surface area contributed by atoms with E-state index in [1.54, 1.807) is 36.0 Å². The molecule has 0 saturated heterocycles. The van der Waals surface area contributed by atoms with Gasteiger partial charge >= 0.3 is 0 Å². The Balaban J connectivity index is 2.06. The molecule has 0 unspecified atom stereocenters. The third-order valence-corrected chi connectivity index (χ3v) is 4.73. The molecule has 0 aliphatic carbocycles. The molecule has 0 atom stereocenters. The van der Waals surface area contributed by atoms with Crippen LogP contribution in [0.15, 0.2) is 40.9 Å². The number of benzene rings is 1. The number of rotatable bonds is 6. The number of aromatic nitrogens is 1. The van der Waals surface area contributed by atoms with Crippen molar-refractivity contribution >= 4 is 21.4 Å². The summed E-state index contributed by atoms with van der Waals surface area (Å²) < 4.78 is 26.7. The van der Waals surface area contributed by atoms with E-state index in [-0.39, 0.29) is 11.4 Å². The summed E-state index contributed by atoms with van der Waals surface area (Å²) in [6.45, 7) is 0.986. The lowest BCUT2D eigenvalue weighted by Crippen LogP contribution is -2.22. The Morgan fingerprint density at radius 3 is 2.53 bits per heavy atom. The van der Waals surface area contributed by atoms with Crippen LogP contribution in [0.1, 0.15) is 10.4 Å². The number of hydrogen-bond acceptors (Lipinski definition) is 5. The zero-order valence-electron chi connectivity index (χ0n) is 10.5. The highest BCUT2D eigenvalue weighted by molar-refractivity contribution is 7.89. The van der Waals surface area contributed by atoms with E-state index in [1.807, 2.05) is 7.05 Å². The molecule has 0 saturated carbocycles. The van der Waals surface area contributed by atoms with Crippen LogP contribution in [0, 0.1) is 0 Å². The smallest absolute Gasteiger partial charge is 0.240 e. The van der Waals surface area contributed by atoms with Crippen LogP contribution in [0.3, 0.4) is 0 Å². The lowest BCUT2D eigenvalue weighted by Gasteiger charge is -2.06. The van der Waals surface area contributed by atoms with Crippen LogP contribution in [-0.2, 0) is 23.1 Å². The van der Waals surface area contributed by atoms with Gasteiger partial charge in [0, 0.05) is 24.2 Å². The van der Waals surface area contributed by atoms with Gasteiger partial charge in [-0.1, -0.05) is 12.1 Å². The quantitative estimate of drug-likeness (QED) is 0.844. The first-order valence-corrected chi connectivity index (χ1v) is 8.08. The summed E-state index contributed by atoms with van der Waals surface area (Å²) in [5, 5.41) is 3.02. The fourth-order valence-corrected chi connectivity index (χ4v) is 3.20. The van der Waals surface area contributed by atoms with Crippen LogP contribution in [0.25, 0.3) is 0 Å². The molecule has 0 fully saturated rings. The molecular weight excluding hydrogens is 282 g/mol. The zero-order valence-corrected chi connectivity index (χ0v) is 12.1. The summed E-state index contributed by atoms with van der Waals surface area (Å²) in [6.07, 6.45) is 1.66. The third kappa shape index (κ3) is 3.84. The summed E-state index contributed by atoms with van der Waals surface area (Å²) in [6, 6.07) is 6.83. The van der Waals surface area contributed by atoms with Crippen molar-refractivity contribution < 1.29 is 8.42 Å². The Hall–Kier alpha value is -1.28. The molecule has 2 N–H and O–H groups in total. The highest BCUT2D eigenvalue weighted by atomic mass is 32.2. The second-order valence-electron chi connectivity index (χ2n) is 3.97. The van der Waals surface area contributed by atoms with Gasteiger partial charge in [-0.3, -0.25) is 4.98 Å². The van der Waals surface area contributed by atoms with Crippen LogP contribution < -0.4 is 10.0 Å². The van der Waals surface area contributed by atoms with Gasteiger partial charge in [0.1, 0.15) is 0 Å². The van der Waals surface area contributed by atoms with Gasteiger partial charge in [-0.25, -0.2) is 13.1 Å². The van der Waals surface area contributed by atoms with Crippen molar-refractivity contribution in [2.75, 3.05) is 7.05 Å². The average Bonchev–Trinajstić information content (AvgIpc) is 2.91. The maximum absolute atomic E-state index is 12.1. The van der Waals surface area contributed by atoms with Crippen molar-refractivity contribution in [3.8, 4) is 0 Å². The summed E-state index contributed by atoms with van der Waals surface area (Å²) in [5.41, 5.74) is 2.72. The van der Waals surface area contributed by atoms with E-state index < -0.39 is 10.0 Å². The molecule has 102 valence electrons. The van der Waals surface area contributed by atoms with Crippen molar-refractivity contribution in [2.45, 2.75) is 18.0 Å². The van der Waals surface area contributed by atoms with Gasteiger partial charge in [0.2, 0.25) is 10.0 Å². The van der Waals surface area contributed by atoms with Crippen LogP contribution in [0.5, 0.6) is 0 Å². The number of nitrogens with zero attached hydrogens (tertiary/aromatic N) is 1. The number of sulfonamides is 1. The van der Waals surface area contributed by atoms with Gasteiger partial charge < -0.3 is 5.32 Å². The van der Waals surface area contributed by atoms with Crippen molar-refractivity contribution in [1.29, 1.82) is 0 Å². The van der Waals surface area contributed by atoms with Gasteiger partial charge in [-0.2, -0.15) is 0 Å². The second kappa shape index (κ2) is 6.25. The van der Waals surface area contributed by atoms with Crippen molar-refractivity contribution in [3.63, 3.8) is 0 Å². The van der Waals surface area contributed by atoms with E-state index in [9.17, 15) is 8.42 Å². The minimum absolute atomic E-state index is 0.269. The summed E-state index contributed by atoms with van der Waals surface area (Å²) >= 11 is 1.42. The fourth-order valence-electron chi connectivity index (χ4n) is 1.57. The average molecular weight is 297 g/mol. The lowest BCUT2D eigenvalue weighted by molar-refractivity contribution is 0.581.